The molecule has 148 valence electrons. The Bertz CT molecular complexity index is 1060. The number of carbonyl (C=O) groups is 1. The van der Waals surface area contributed by atoms with Crippen molar-refractivity contribution in [3.05, 3.63) is 92.4 Å². The third kappa shape index (κ3) is 4.29. The van der Waals surface area contributed by atoms with Gasteiger partial charge in [-0.3, -0.25) is 4.79 Å². The van der Waals surface area contributed by atoms with E-state index < -0.39 is 6.04 Å². The van der Waals surface area contributed by atoms with E-state index in [1.807, 2.05) is 48.5 Å². The van der Waals surface area contributed by atoms with Crippen LogP contribution >= 0.6 is 34.8 Å². The van der Waals surface area contributed by atoms with E-state index >= 15 is 0 Å². The van der Waals surface area contributed by atoms with Crippen molar-refractivity contribution in [2.75, 3.05) is 0 Å². The zero-order chi connectivity index (χ0) is 20.5. The number of hydrogen-bond donors (Lipinski definition) is 1. The number of halogens is 3. The molecule has 6 heteroatoms. The molecule has 3 aromatic rings. The number of fused-ring (bicyclic) bond motifs is 1. The summed E-state index contributed by atoms with van der Waals surface area (Å²) in [5.74, 6) is -0.0675. The predicted octanol–water partition coefficient (Wildman–Crippen LogP) is 5.73. The lowest BCUT2D eigenvalue weighted by Crippen LogP contribution is -2.42. The van der Waals surface area contributed by atoms with Crippen LogP contribution in [0.4, 0.5) is 0 Å². The van der Waals surface area contributed by atoms with Crippen LogP contribution < -0.4 is 5.73 Å². The lowest BCUT2D eigenvalue weighted by Gasteiger charge is -2.21. The summed E-state index contributed by atoms with van der Waals surface area (Å²) in [6.45, 7) is 1.20. The SMILES string of the molecule is NC(Cc1ccc(-c2ccc(Cl)cc2Cl)cc1Cl)C(=O)N1Cc2ccccc2C1. The second kappa shape index (κ2) is 8.37. The average molecular weight is 446 g/mol. The lowest BCUT2D eigenvalue weighted by atomic mass is 10.00. The molecule has 1 unspecified atom stereocenters. The largest absolute Gasteiger partial charge is 0.333 e. The summed E-state index contributed by atoms with van der Waals surface area (Å²) in [5, 5.41) is 1.69. The number of amides is 1. The van der Waals surface area contributed by atoms with Crippen LogP contribution in [0.15, 0.2) is 60.7 Å². The highest BCUT2D eigenvalue weighted by Gasteiger charge is 2.27. The fraction of sp³-hybridized carbons (Fsp3) is 0.174. The van der Waals surface area contributed by atoms with Crippen LogP contribution in [0.5, 0.6) is 0 Å². The fourth-order valence-corrected chi connectivity index (χ4v) is 4.43. The summed E-state index contributed by atoms with van der Waals surface area (Å²) >= 11 is 18.8. The molecule has 1 amide bonds. The maximum atomic E-state index is 12.8. The zero-order valence-corrected chi connectivity index (χ0v) is 17.8. The Balaban J connectivity index is 1.47. The molecular formula is C23H19Cl3N2O. The molecule has 1 atom stereocenters. The van der Waals surface area contributed by atoms with Gasteiger partial charge in [-0.1, -0.05) is 77.3 Å². The Morgan fingerprint density at radius 3 is 2.24 bits per heavy atom. The first-order chi connectivity index (χ1) is 13.9. The molecule has 1 heterocycles. The number of nitrogens with zero attached hydrogens (tertiary/aromatic N) is 1. The van der Waals surface area contributed by atoms with Crippen LogP contribution in [0.2, 0.25) is 15.1 Å². The summed E-state index contributed by atoms with van der Waals surface area (Å²) in [5.41, 5.74) is 11.2. The summed E-state index contributed by atoms with van der Waals surface area (Å²) < 4.78 is 0. The van der Waals surface area contributed by atoms with Crippen molar-refractivity contribution in [3.8, 4) is 11.1 Å². The van der Waals surface area contributed by atoms with Gasteiger partial charge in [0.2, 0.25) is 5.91 Å². The van der Waals surface area contributed by atoms with Crippen LogP contribution in [0, 0.1) is 0 Å². The standard InChI is InChI=1S/C23H19Cl3N2O/c24-18-7-8-19(21(26)11-18)14-5-6-15(20(25)9-14)10-22(27)23(29)28-12-16-3-1-2-4-17(16)13-28/h1-9,11,22H,10,12-13,27H2. The molecule has 0 bridgehead atoms. The zero-order valence-electron chi connectivity index (χ0n) is 15.5. The molecule has 0 saturated carbocycles. The Hall–Kier alpha value is -2.04. The number of rotatable bonds is 4. The number of nitrogens with two attached hydrogens (primary N) is 1. The Kier molecular flexibility index (Phi) is 5.84. The topological polar surface area (TPSA) is 46.3 Å². The minimum Gasteiger partial charge on any atom is -0.333 e. The van der Waals surface area contributed by atoms with E-state index in [-0.39, 0.29) is 5.91 Å². The van der Waals surface area contributed by atoms with Crippen molar-refractivity contribution in [1.82, 2.24) is 4.90 Å². The van der Waals surface area contributed by atoms with Crippen LogP contribution in [-0.2, 0) is 24.3 Å². The molecule has 0 fully saturated rings. The molecule has 3 aromatic carbocycles. The third-order valence-electron chi connectivity index (χ3n) is 5.20. The van der Waals surface area contributed by atoms with Gasteiger partial charge in [0.15, 0.2) is 0 Å². The summed E-state index contributed by atoms with van der Waals surface area (Å²) in [4.78, 5) is 14.6. The average Bonchev–Trinajstić information content (AvgIpc) is 3.13. The number of benzene rings is 3. The lowest BCUT2D eigenvalue weighted by molar-refractivity contribution is -0.133. The highest BCUT2D eigenvalue weighted by Crippen LogP contribution is 2.33. The third-order valence-corrected chi connectivity index (χ3v) is 6.10. The Labute approximate surface area is 185 Å². The number of hydrogen-bond acceptors (Lipinski definition) is 2. The van der Waals surface area contributed by atoms with Crippen molar-refractivity contribution in [2.45, 2.75) is 25.6 Å². The first-order valence-electron chi connectivity index (χ1n) is 9.27. The second-order valence-corrected chi connectivity index (χ2v) is 8.45. The van der Waals surface area contributed by atoms with Gasteiger partial charge in [0.25, 0.3) is 0 Å². The highest BCUT2D eigenvalue weighted by molar-refractivity contribution is 6.36. The number of carbonyl (C=O) groups excluding carboxylic acids is 1. The van der Waals surface area contributed by atoms with Crippen molar-refractivity contribution < 1.29 is 4.79 Å². The molecule has 1 aliphatic heterocycles. The molecule has 0 spiro atoms. The van der Waals surface area contributed by atoms with Crippen molar-refractivity contribution >= 4 is 40.7 Å². The van der Waals surface area contributed by atoms with Gasteiger partial charge >= 0.3 is 0 Å². The molecule has 4 rings (SSSR count). The quantitative estimate of drug-likeness (QED) is 0.558. The van der Waals surface area contributed by atoms with E-state index in [0.717, 1.165) is 16.7 Å². The maximum Gasteiger partial charge on any atom is 0.240 e. The van der Waals surface area contributed by atoms with Gasteiger partial charge in [0, 0.05) is 33.7 Å². The Morgan fingerprint density at radius 1 is 0.931 bits per heavy atom. The van der Waals surface area contributed by atoms with Gasteiger partial charge in [0.05, 0.1) is 6.04 Å². The van der Waals surface area contributed by atoms with E-state index in [4.69, 9.17) is 40.5 Å². The highest BCUT2D eigenvalue weighted by atomic mass is 35.5. The summed E-state index contributed by atoms with van der Waals surface area (Å²) in [6, 6.07) is 18.4. The maximum absolute atomic E-state index is 12.8. The van der Waals surface area contributed by atoms with Gasteiger partial charge in [-0.2, -0.15) is 0 Å². The summed E-state index contributed by atoms with van der Waals surface area (Å²) in [7, 11) is 0. The summed E-state index contributed by atoms with van der Waals surface area (Å²) in [6.07, 6.45) is 0.374. The van der Waals surface area contributed by atoms with Crippen molar-refractivity contribution in [2.24, 2.45) is 5.73 Å². The molecule has 2 N–H and O–H groups in total. The first-order valence-corrected chi connectivity index (χ1v) is 10.4. The molecular weight excluding hydrogens is 427 g/mol. The van der Waals surface area contributed by atoms with Crippen LogP contribution in [0.3, 0.4) is 0 Å². The molecule has 3 nitrogen and oxygen atoms in total. The second-order valence-electron chi connectivity index (χ2n) is 7.20. The van der Waals surface area contributed by atoms with E-state index in [0.29, 0.717) is 34.6 Å². The Morgan fingerprint density at radius 2 is 1.62 bits per heavy atom. The molecule has 0 aromatic heterocycles. The molecule has 1 aliphatic rings. The normalized spacial score (nSPS) is 14.0. The van der Waals surface area contributed by atoms with Crippen LogP contribution in [-0.4, -0.2) is 16.8 Å². The molecule has 29 heavy (non-hydrogen) atoms. The van der Waals surface area contributed by atoms with Gasteiger partial charge in [-0.05, 0) is 46.9 Å². The first kappa shape index (κ1) is 20.2. The van der Waals surface area contributed by atoms with Gasteiger partial charge < -0.3 is 10.6 Å². The van der Waals surface area contributed by atoms with Crippen LogP contribution in [0.25, 0.3) is 11.1 Å². The van der Waals surface area contributed by atoms with E-state index in [2.05, 4.69) is 0 Å². The minimum atomic E-state index is -0.646. The van der Waals surface area contributed by atoms with Gasteiger partial charge in [0.1, 0.15) is 0 Å². The van der Waals surface area contributed by atoms with Gasteiger partial charge in [-0.15, -0.1) is 0 Å². The monoisotopic (exact) mass is 444 g/mol. The van der Waals surface area contributed by atoms with E-state index in [1.54, 1.807) is 17.0 Å². The van der Waals surface area contributed by atoms with Crippen LogP contribution in [0.1, 0.15) is 16.7 Å². The molecule has 0 aliphatic carbocycles. The molecule has 0 radical (unpaired) electrons. The predicted molar refractivity (Wildman–Crippen MR) is 119 cm³/mol. The van der Waals surface area contributed by atoms with E-state index in [9.17, 15) is 4.79 Å². The van der Waals surface area contributed by atoms with Gasteiger partial charge in [-0.25, -0.2) is 0 Å². The molecule has 0 saturated heterocycles. The fourth-order valence-electron chi connectivity index (χ4n) is 3.65. The van der Waals surface area contributed by atoms with Crippen molar-refractivity contribution in [1.29, 1.82) is 0 Å². The van der Waals surface area contributed by atoms with Crippen molar-refractivity contribution in [3.63, 3.8) is 0 Å². The smallest absolute Gasteiger partial charge is 0.240 e. The van der Waals surface area contributed by atoms with E-state index in [1.165, 1.54) is 11.1 Å². The minimum absolute atomic E-state index is 0.0675.